The molecule has 2 amide bonds. The maximum absolute atomic E-state index is 12.4. The lowest BCUT2D eigenvalue weighted by Crippen LogP contribution is -2.50. The number of hydrogen-bond donors (Lipinski definition) is 2. The molecule has 6 nitrogen and oxygen atoms in total. The second-order valence-corrected chi connectivity index (χ2v) is 8.05. The molecule has 1 heterocycles. The Morgan fingerprint density at radius 2 is 1.40 bits per heavy atom. The summed E-state index contributed by atoms with van der Waals surface area (Å²) in [6.07, 6.45) is 0. The molecule has 0 unspecified atom stereocenters. The number of rotatable bonds is 7. The van der Waals surface area contributed by atoms with Gasteiger partial charge in [0.25, 0.3) is 0 Å². The van der Waals surface area contributed by atoms with Crippen molar-refractivity contribution in [1.82, 2.24) is 15.1 Å². The molecule has 2 aromatic carbocycles. The van der Waals surface area contributed by atoms with Crippen LogP contribution in [-0.2, 0) is 16.1 Å². The Kier molecular flexibility index (Phi) is 7.60. The summed E-state index contributed by atoms with van der Waals surface area (Å²) >= 11 is 0. The van der Waals surface area contributed by atoms with Crippen LogP contribution in [-0.4, -0.2) is 60.9 Å². The van der Waals surface area contributed by atoms with Gasteiger partial charge in [-0.3, -0.25) is 19.4 Å². The molecule has 3 rings (SSSR count). The molecule has 1 saturated heterocycles. The number of carbonyl (C=O) groups is 2. The highest BCUT2D eigenvalue weighted by molar-refractivity contribution is 5.93. The number of anilines is 1. The van der Waals surface area contributed by atoms with Crippen molar-refractivity contribution in [3.05, 3.63) is 64.7 Å². The zero-order valence-corrected chi connectivity index (χ0v) is 18.2. The third-order valence-corrected chi connectivity index (χ3v) is 5.82. The van der Waals surface area contributed by atoms with Crippen LogP contribution in [0.2, 0.25) is 0 Å². The molecule has 6 heteroatoms. The van der Waals surface area contributed by atoms with Crippen molar-refractivity contribution in [2.24, 2.45) is 0 Å². The fraction of sp³-hybridized carbons (Fsp3) is 0.417. The molecule has 1 fully saturated rings. The van der Waals surface area contributed by atoms with E-state index in [4.69, 9.17) is 0 Å². The monoisotopic (exact) mass is 408 g/mol. The molecular weight excluding hydrogens is 376 g/mol. The predicted molar refractivity (Wildman–Crippen MR) is 120 cm³/mol. The molecule has 1 aliphatic heterocycles. The van der Waals surface area contributed by atoms with Crippen LogP contribution in [0.3, 0.4) is 0 Å². The summed E-state index contributed by atoms with van der Waals surface area (Å²) in [5, 5.41) is 6.03. The Labute approximate surface area is 179 Å². The van der Waals surface area contributed by atoms with E-state index in [2.05, 4.69) is 33.4 Å². The van der Waals surface area contributed by atoms with E-state index in [-0.39, 0.29) is 11.8 Å². The molecule has 0 spiro atoms. The highest BCUT2D eigenvalue weighted by atomic mass is 16.2. The lowest BCUT2D eigenvalue weighted by Gasteiger charge is -2.33. The lowest BCUT2D eigenvalue weighted by molar-refractivity contribution is -0.123. The topological polar surface area (TPSA) is 64.7 Å². The first-order valence-electron chi connectivity index (χ1n) is 10.5. The largest absolute Gasteiger partial charge is 0.351 e. The van der Waals surface area contributed by atoms with E-state index >= 15 is 0 Å². The summed E-state index contributed by atoms with van der Waals surface area (Å²) in [6, 6.07) is 14.0. The third-order valence-electron chi connectivity index (χ3n) is 5.82. The lowest BCUT2D eigenvalue weighted by atomic mass is 10.1. The van der Waals surface area contributed by atoms with Gasteiger partial charge < -0.3 is 10.6 Å². The minimum atomic E-state index is 0.00752. The molecule has 30 heavy (non-hydrogen) atoms. The van der Waals surface area contributed by atoms with E-state index in [0.29, 0.717) is 19.6 Å². The van der Waals surface area contributed by atoms with Gasteiger partial charge in [-0.2, -0.15) is 0 Å². The van der Waals surface area contributed by atoms with Gasteiger partial charge in [0, 0.05) is 38.4 Å². The van der Waals surface area contributed by atoms with Crippen molar-refractivity contribution >= 4 is 17.5 Å². The zero-order valence-electron chi connectivity index (χ0n) is 18.2. The van der Waals surface area contributed by atoms with Gasteiger partial charge in [-0.25, -0.2) is 0 Å². The Bertz CT molecular complexity index is 889. The van der Waals surface area contributed by atoms with E-state index in [9.17, 15) is 9.59 Å². The van der Waals surface area contributed by atoms with Crippen molar-refractivity contribution < 1.29 is 9.59 Å². The molecule has 0 radical (unpaired) electrons. The first kappa shape index (κ1) is 22.0. The Morgan fingerprint density at radius 3 is 2.07 bits per heavy atom. The molecule has 2 aromatic rings. The van der Waals surface area contributed by atoms with Gasteiger partial charge in [0.1, 0.15) is 0 Å². The molecule has 0 atom stereocenters. The number of carbonyl (C=O) groups excluding carboxylic acids is 2. The van der Waals surface area contributed by atoms with Crippen molar-refractivity contribution in [1.29, 1.82) is 0 Å². The summed E-state index contributed by atoms with van der Waals surface area (Å²) in [6.45, 7) is 10.6. The SMILES string of the molecule is Cc1ccccc1CNC(=O)CN1CCN(CC(=O)Nc2cccc(C)c2C)CC1. The Balaban J connectivity index is 1.38. The first-order chi connectivity index (χ1) is 14.4. The molecular formula is C24H32N4O2. The molecule has 0 bridgehead atoms. The van der Waals surface area contributed by atoms with E-state index in [0.717, 1.165) is 43.0 Å². The van der Waals surface area contributed by atoms with Crippen LogP contribution in [0.15, 0.2) is 42.5 Å². The summed E-state index contributed by atoms with van der Waals surface area (Å²) in [7, 11) is 0. The van der Waals surface area contributed by atoms with E-state index in [1.54, 1.807) is 0 Å². The van der Waals surface area contributed by atoms with E-state index in [1.807, 2.05) is 50.2 Å². The maximum Gasteiger partial charge on any atom is 0.238 e. The highest BCUT2D eigenvalue weighted by Gasteiger charge is 2.21. The van der Waals surface area contributed by atoms with Crippen LogP contribution in [0.25, 0.3) is 0 Å². The fourth-order valence-electron chi connectivity index (χ4n) is 3.65. The summed E-state index contributed by atoms with van der Waals surface area (Å²) < 4.78 is 0. The number of benzene rings is 2. The minimum Gasteiger partial charge on any atom is -0.351 e. The average molecular weight is 409 g/mol. The maximum atomic E-state index is 12.4. The fourth-order valence-corrected chi connectivity index (χ4v) is 3.65. The van der Waals surface area contributed by atoms with Gasteiger partial charge in [0.05, 0.1) is 13.1 Å². The quantitative estimate of drug-likeness (QED) is 0.739. The van der Waals surface area contributed by atoms with Gasteiger partial charge in [-0.15, -0.1) is 0 Å². The molecule has 0 aliphatic carbocycles. The third kappa shape index (κ3) is 6.15. The normalized spacial score (nSPS) is 15.0. The van der Waals surface area contributed by atoms with Crippen LogP contribution in [0.1, 0.15) is 22.3 Å². The van der Waals surface area contributed by atoms with Gasteiger partial charge in [0.2, 0.25) is 11.8 Å². The highest BCUT2D eigenvalue weighted by Crippen LogP contribution is 2.18. The van der Waals surface area contributed by atoms with Crippen molar-refractivity contribution in [3.63, 3.8) is 0 Å². The van der Waals surface area contributed by atoms with Gasteiger partial charge in [-0.1, -0.05) is 36.4 Å². The number of hydrogen-bond acceptors (Lipinski definition) is 4. The summed E-state index contributed by atoms with van der Waals surface area (Å²) in [4.78, 5) is 29.0. The van der Waals surface area contributed by atoms with Crippen LogP contribution < -0.4 is 10.6 Å². The van der Waals surface area contributed by atoms with Crippen molar-refractivity contribution in [2.75, 3.05) is 44.6 Å². The van der Waals surface area contributed by atoms with Crippen molar-refractivity contribution in [3.8, 4) is 0 Å². The Hall–Kier alpha value is -2.70. The number of piperazine rings is 1. The van der Waals surface area contributed by atoms with Crippen molar-refractivity contribution in [2.45, 2.75) is 27.3 Å². The second kappa shape index (κ2) is 10.4. The first-order valence-corrected chi connectivity index (χ1v) is 10.5. The van der Waals surface area contributed by atoms with Gasteiger partial charge >= 0.3 is 0 Å². The van der Waals surface area contributed by atoms with Crippen LogP contribution in [0.5, 0.6) is 0 Å². The number of nitrogens with zero attached hydrogens (tertiary/aromatic N) is 2. The van der Waals surface area contributed by atoms with Gasteiger partial charge in [-0.05, 0) is 49.1 Å². The second-order valence-electron chi connectivity index (χ2n) is 8.05. The van der Waals surface area contributed by atoms with E-state index < -0.39 is 0 Å². The molecule has 1 aliphatic rings. The molecule has 160 valence electrons. The van der Waals surface area contributed by atoms with Crippen LogP contribution in [0.4, 0.5) is 5.69 Å². The standard InChI is InChI=1S/C24H32N4O2/c1-18-8-6-10-22(20(18)3)26-24(30)17-28-13-11-27(12-14-28)16-23(29)25-15-21-9-5-4-7-19(21)2/h4-10H,11-17H2,1-3H3,(H,25,29)(H,26,30). The zero-order chi connectivity index (χ0) is 21.5. The molecule has 2 N–H and O–H groups in total. The molecule has 0 saturated carbocycles. The Morgan fingerprint density at radius 1 is 0.800 bits per heavy atom. The number of amides is 2. The number of aryl methyl sites for hydroxylation is 2. The predicted octanol–water partition coefficient (Wildman–Crippen LogP) is 2.48. The molecule has 0 aromatic heterocycles. The average Bonchev–Trinajstić information content (AvgIpc) is 2.72. The minimum absolute atomic E-state index is 0.00752. The summed E-state index contributed by atoms with van der Waals surface area (Å²) in [5.41, 5.74) is 5.48. The smallest absolute Gasteiger partial charge is 0.238 e. The summed E-state index contributed by atoms with van der Waals surface area (Å²) in [5.74, 6) is 0.0486. The van der Waals surface area contributed by atoms with Crippen LogP contribution >= 0.6 is 0 Å². The van der Waals surface area contributed by atoms with Crippen LogP contribution in [0, 0.1) is 20.8 Å². The van der Waals surface area contributed by atoms with E-state index in [1.165, 1.54) is 11.1 Å². The van der Waals surface area contributed by atoms with Gasteiger partial charge in [0.15, 0.2) is 0 Å². The number of nitrogens with one attached hydrogen (secondary N) is 2.